The number of carbonyl (C=O) groups is 1. The Balaban J connectivity index is 2.10. The van der Waals surface area contributed by atoms with Crippen LogP contribution in [0.2, 0.25) is 0 Å². The molecule has 7 nitrogen and oxygen atoms in total. The van der Waals surface area contributed by atoms with Crippen molar-refractivity contribution in [2.24, 2.45) is 5.10 Å². The van der Waals surface area contributed by atoms with Gasteiger partial charge in [0.25, 0.3) is 5.91 Å². The van der Waals surface area contributed by atoms with E-state index in [9.17, 15) is 15.0 Å². The van der Waals surface area contributed by atoms with E-state index in [1.165, 1.54) is 44.7 Å². The lowest BCUT2D eigenvalue weighted by atomic mass is 10.2. The first-order valence-corrected chi connectivity index (χ1v) is 6.62. The van der Waals surface area contributed by atoms with Crippen molar-refractivity contribution in [3.8, 4) is 23.0 Å². The van der Waals surface area contributed by atoms with Gasteiger partial charge in [-0.3, -0.25) is 4.79 Å². The van der Waals surface area contributed by atoms with Crippen molar-refractivity contribution in [1.82, 2.24) is 5.43 Å². The number of phenolic OH excluding ortho intramolecular Hbond substituents is 2. The quantitative estimate of drug-likeness (QED) is 0.444. The molecule has 0 atom stereocenters. The number of phenols is 2. The first kappa shape index (κ1) is 16.2. The molecule has 23 heavy (non-hydrogen) atoms. The van der Waals surface area contributed by atoms with E-state index < -0.39 is 5.91 Å². The van der Waals surface area contributed by atoms with Crippen LogP contribution in [0.4, 0.5) is 0 Å². The van der Waals surface area contributed by atoms with Crippen molar-refractivity contribution in [3.05, 3.63) is 47.5 Å². The molecule has 0 spiro atoms. The predicted molar refractivity (Wildman–Crippen MR) is 84.4 cm³/mol. The molecule has 0 fully saturated rings. The first-order valence-electron chi connectivity index (χ1n) is 6.62. The molecular formula is C16H16N2O5. The van der Waals surface area contributed by atoms with E-state index in [1.54, 1.807) is 12.1 Å². The summed E-state index contributed by atoms with van der Waals surface area (Å²) in [6.07, 6.45) is 1.23. The molecule has 2 aromatic carbocycles. The van der Waals surface area contributed by atoms with E-state index >= 15 is 0 Å². The van der Waals surface area contributed by atoms with Crippen molar-refractivity contribution in [1.29, 1.82) is 0 Å². The standard InChI is InChI=1S/C16H16N2O5/c1-22-14-6-3-10(8-15(14)23-2)16(21)18-17-9-11-7-12(19)4-5-13(11)20/h3-9,19-20H,1-2H3,(H,18,21). The summed E-state index contributed by atoms with van der Waals surface area (Å²) in [6.45, 7) is 0. The van der Waals surface area contributed by atoms with Gasteiger partial charge < -0.3 is 19.7 Å². The number of nitrogens with one attached hydrogen (secondary N) is 1. The third kappa shape index (κ3) is 3.91. The van der Waals surface area contributed by atoms with Crippen LogP contribution in [0.1, 0.15) is 15.9 Å². The first-order chi connectivity index (χ1) is 11.0. The van der Waals surface area contributed by atoms with Crippen LogP contribution < -0.4 is 14.9 Å². The Morgan fingerprint density at radius 1 is 1.09 bits per heavy atom. The fraction of sp³-hybridized carbons (Fsp3) is 0.125. The molecule has 0 aliphatic carbocycles. The fourth-order valence-corrected chi connectivity index (χ4v) is 1.85. The Bertz CT molecular complexity index is 743. The molecule has 120 valence electrons. The second-order valence-electron chi connectivity index (χ2n) is 4.51. The van der Waals surface area contributed by atoms with E-state index in [2.05, 4.69) is 10.5 Å². The van der Waals surface area contributed by atoms with Gasteiger partial charge in [0.2, 0.25) is 0 Å². The molecule has 2 aromatic rings. The highest BCUT2D eigenvalue weighted by Gasteiger charge is 2.10. The Hall–Kier alpha value is -3.22. The average Bonchev–Trinajstić information content (AvgIpc) is 2.57. The number of hydrazone groups is 1. The van der Waals surface area contributed by atoms with Crippen molar-refractivity contribution in [2.45, 2.75) is 0 Å². The number of ether oxygens (including phenoxy) is 2. The lowest BCUT2D eigenvalue weighted by molar-refractivity contribution is 0.0954. The summed E-state index contributed by atoms with van der Waals surface area (Å²) >= 11 is 0. The Kier molecular flexibility index (Phi) is 5.03. The van der Waals surface area contributed by atoms with Gasteiger partial charge in [0.05, 0.1) is 20.4 Å². The zero-order valence-corrected chi connectivity index (χ0v) is 12.6. The summed E-state index contributed by atoms with van der Waals surface area (Å²) < 4.78 is 10.2. The topological polar surface area (TPSA) is 100 Å². The Labute approximate surface area is 132 Å². The normalized spacial score (nSPS) is 10.5. The zero-order valence-electron chi connectivity index (χ0n) is 12.6. The van der Waals surface area contributed by atoms with Crippen LogP contribution in [-0.4, -0.2) is 36.6 Å². The smallest absolute Gasteiger partial charge is 0.271 e. The number of nitrogens with zero attached hydrogens (tertiary/aromatic N) is 1. The van der Waals surface area contributed by atoms with Crippen molar-refractivity contribution in [2.75, 3.05) is 14.2 Å². The highest BCUT2D eigenvalue weighted by atomic mass is 16.5. The Morgan fingerprint density at radius 3 is 2.52 bits per heavy atom. The van der Waals surface area contributed by atoms with Crippen LogP contribution in [0.25, 0.3) is 0 Å². The lowest BCUT2D eigenvalue weighted by Gasteiger charge is -2.08. The highest BCUT2D eigenvalue weighted by molar-refractivity contribution is 5.95. The monoisotopic (exact) mass is 316 g/mol. The number of hydrogen-bond acceptors (Lipinski definition) is 6. The minimum atomic E-state index is -0.457. The molecule has 1 amide bonds. The fourth-order valence-electron chi connectivity index (χ4n) is 1.85. The molecule has 3 N–H and O–H groups in total. The second kappa shape index (κ2) is 7.17. The molecule has 7 heteroatoms. The molecule has 0 bridgehead atoms. The highest BCUT2D eigenvalue weighted by Crippen LogP contribution is 2.27. The van der Waals surface area contributed by atoms with Crippen LogP contribution in [0.3, 0.4) is 0 Å². The number of amides is 1. The van der Waals surface area contributed by atoms with Crippen LogP contribution in [0.15, 0.2) is 41.5 Å². The maximum Gasteiger partial charge on any atom is 0.271 e. The molecule has 0 aliphatic rings. The van der Waals surface area contributed by atoms with Gasteiger partial charge in [0.15, 0.2) is 11.5 Å². The van der Waals surface area contributed by atoms with Crippen molar-refractivity contribution < 1.29 is 24.5 Å². The van der Waals surface area contributed by atoms with E-state index in [1.807, 2.05) is 0 Å². The van der Waals surface area contributed by atoms with Crippen molar-refractivity contribution >= 4 is 12.1 Å². The SMILES string of the molecule is COc1ccc(C(=O)NN=Cc2cc(O)ccc2O)cc1OC. The summed E-state index contributed by atoms with van der Waals surface area (Å²) in [7, 11) is 2.98. The number of rotatable bonds is 5. The number of aromatic hydroxyl groups is 2. The van der Waals surface area contributed by atoms with Gasteiger partial charge in [-0.25, -0.2) is 5.43 Å². The maximum absolute atomic E-state index is 12.0. The maximum atomic E-state index is 12.0. The molecular weight excluding hydrogens is 300 g/mol. The van der Waals surface area contributed by atoms with Gasteiger partial charge in [-0.1, -0.05) is 0 Å². The summed E-state index contributed by atoms with van der Waals surface area (Å²) in [5.74, 6) is 0.399. The van der Waals surface area contributed by atoms with E-state index in [4.69, 9.17) is 9.47 Å². The summed E-state index contributed by atoms with van der Waals surface area (Å²) in [6, 6.07) is 8.69. The van der Waals surface area contributed by atoms with Gasteiger partial charge in [-0.15, -0.1) is 0 Å². The molecule has 0 aromatic heterocycles. The van der Waals surface area contributed by atoms with Gasteiger partial charge in [-0.05, 0) is 36.4 Å². The molecule has 0 saturated heterocycles. The van der Waals surface area contributed by atoms with Crippen LogP contribution in [-0.2, 0) is 0 Å². The Morgan fingerprint density at radius 2 is 1.83 bits per heavy atom. The number of hydrogen-bond donors (Lipinski definition) is 3. The molecule has 0 unspecified atom stereocenters. The minimum Gasteiger partial charge on any atom is -0.508 e. The minimum absolute atomic E-state index is 0.0181. The van der Waals surface area contributed by atoms with Crippen molar-refractivity contribution in [3.63, 3.8) is 0 Å². The van der Waals surface area contributed by atoms with E-state index in [-0.39, 0.29) is 17.1 Å². The van der Waals surface area contributed by atoms with Gasteiger partial charge in [-0.2, -0.15) is 5.10 Å². The largest absolute Gasteiger partial charge is 0.508 e. The third-order valence-electron chi connectivity index (χ3n) is 3.03. The zero-order chi connectivity index (χ0) is 16.8. The predicted octanol–water partition coefficient (Wildman–Crippen LogP) is 1.88. The van der Waals surface area contributed by atoms with E-state index in [0.717, 1.165) is 0 Å². The van der Waals surface area contributed by atoms with E-state index in [0.29, 0.717) is 17.1 Å². The molecule has 0 heterocycles. The van der Waals surface area contributed by atoms with Crippen LogP contribution in [0.5, 0.6) is 23.0 Å². The van der Waals surface area contributed by atoms with Crippen LogP contribution in [0, 0.1) is 0 Å². The van der Waals surface area contributed by atoms with Gasteiger partial charge in [0, 0.05) is 11.1 Å². The number of benzene rings is 2. The number of carbonyl (C=O) groups excluding carboxylic acids is 1. The second-order valence-corrected chi connectivity index (χ2v) is 4.51. The van der Waals surface area contributed by atoms with Crippen LogP contribution >= 0.6 is 0 Å². The summed E-state index contributed by atoms with van der Waals surface area (Å²) in [4.78, 5) is 12.0. The number of methoxy groups -OCH3 is 2. The van der Waals surface area contributed by atoms with Gasteiger partial charge in [0.1, 0.15) is 11.5 Å². The molecule has 0 saturated carbocycles. The lowest BCUT2D eigenvalue weighted by Crippen LogP contribution is -2.17. The van der Waals surface area contributed by atoms with Gasteiger partial charge >= 0.3 is 0 Å². The average molecular weight is 316 g/mol. The third-order valence-corrected chi connectivity index (χ3v) is 3.03. The molecule has 2 rings (SSSR count). The summed E-state index contributed by atoms with van der Waals surface area (Å²) in [5.41, 5.74) is 2.93. The molecule has 0 radical (unpaired) electrons. The molecule has 0 aliphatic heterocycles. The summed E-state index contributed by atoms with van der Waals surface area (Å²) in [5, 5.41) is 22.7.